The number of benzene rings is 1. The number of primary amides is 1. The maximum atomic E-state index is 10.5. The van der Waals surface area contributed by atoms with Gasteiger partial charge in [0.05, 0.1) is 7.11 Å². The van der Waals surface area contributed by atoms with E-state index < -0.39 is 0 Å². The van der Waals surface area contributed by atoms with Crippen LogP contribution in [-0.4, -0.2) is 19.6 Å². The lowest BCUT2D eigenvalue weighted by molar-refractivity contribution is -0.118. The molecule has 1 aromatic carbocycles. The van der Waals surface area contributed by atoms with Gasteiger partial charge >= 0.3 is 0 Å². The minimum absolute atomic E-state index is 0.276. The molecule has 3 N–H and O–H groups in total. The molecule has 0 fully saturated rings. The predicted octanol–water partition coefficient (Wildman–Crippen LogP) is 1.70. The van der Waals surface area contributed by atoms with Crippen molar-refractivity contribution in [2.75, 3.05) is 13.7 Å². The van der Waals surface area contributed by atoms with E-state index in [0.29, 0.717) is 18.0 Å². The third-order valence-corrected chi connectivity index (χ3v) is 2.73. The first kappa shape index (κ1) is 13.8. The molecule has 0 aliphatic carbocycles. The highest BCUT2D eigenvalue weighted by Gasteiger charge is 2.06. The first-order chi connectivity index (χ1) is 8.15. The smallest absolute Gasteiger partial charge is 0.217 e. The van der Waals surface area contributed by atoms with Crippen LogP contribution in [-0.2, 0) is 11.3 Å². The Kier molecular flexibility index (Phi) is 5.80. The van der Waals surface area contributed by atoms with E-state index in [0.717, 1.165) is 24.3 Å². The van der Waals surface area contributed by atoms with Gasteiger partial charge in [0.2, 0.25) is 5.91 Å². The lowest BCUT2D eigenvalue weighted by Crippen LogP contribution is -2.18. The molecule has 0 heterocycles. The second kappa shape index (κ2) is 7.14. The van der Waals surface area contributed by atoms with Gasteiger partial charge in [-0.2, -0.15) is 0 Å². The van der Waals surface area contributed by atoms with E-state index in [-0.39, 0.29) is 5.91 Å². The average molecular weight is 257 g/mol. The number of carbonyl (C=O) groups is 1. The van der Waals surface area contributed by atoms with Crippen molar-refractivity contribution in [3.8, 4) is 5.75 Å². The zero-order chi connectivity index (χ0) is 12.7. The molecule has 0 bridgehead atoms. The van der Waals surface area contributed by atoms with E-state index in [1.165, 1.54) is 0 Å². The van der Waals surface area contributed by atoms with Crippen LogP contribution in [0.25, 0.3) is 0 Å². The van der Waals surface area contributed by atoms with Crippen molar-refractivity contribution >= 4 is 17.5 Å². The van der Waals surface area contributed by atoms with Gasteiger partial charge in [-0.05, 0) is 25.1 Å². The predicted molar refractivity (Wildman–Crippen MR) is 68.1 cm³/mol. The summed E-state index contributed by atoms with van der Waals surface area (Å²) in [4.78, 5) is 10.5. The SMILES string of the molecule is COc1cccc(Cl)c1CNCCCC(N)=O. The van der Waals surface area contributed by atoms with Crippen LogP contribution >= 0.6 is 11.6 Å². The van der Waals surface area contributed by atoms with Crippen LogP contribution in [0.2, 0.25) is 5.02 Å². The number of halogens is 1. The molecule has 1 amide bonds. The number of nitrogens with one attached hydrogen (secondary N) is 1. The van der Waals surface area contributed by atoms with Crippen LogP contribution in [0.3, 0.4) is 0 Å². The molecule has 0 aromatic heterocycles. The Bertz CT molecular complexity index is 383. The summed E-state index contributed by atoms with van der Waals surface area (Å²) in [7, 11) is 1.61. The number of amides is 1. The average Bonchev–Trinajstić information content (AvgIpc) is 2.30. The highest BCUT2D eigenvalue weighted by molar-refractivity contribution is 6.31. The van der Waals surface area contributed by atoms with E-state index in [4.69, 9.17) is 22.1 Å². The first-order valence-electron chi connectivity index (χ1n) is 5.45. The minimum Gasteiger partial charge on any atom is -0.496 e. The van der Waals surface area contributed by atoms with E-state index in [9.17, 15) is 4.79 Å². The van der Waals surface area contributed by atoms with E-state index in [1.54, 1.807) is 7.11 Å². The summed E-state index contributed by atoms with van der Waals surface area (Å²) in [5.41, 5.74) is 5.97. The van der Waals surface area contributed by atoms with Crippen LogP contribution < -0.4 is 15.8 Å². The number of rotatable bonds is 7. The zero-order valence-corrected chi connectivity index (χ0v) is 10.6. The molecule has 0 unspecified atom stereocenters. The molecule has 1 rings (SSSR count). The third kappa shape index (κ3) is 4.63. The van der Waals surface area contributed by atoms with Crippen LogP contribution in [0.1, 0.15) is 18.4 Å². The maximum absolute atomic E-state index is 10.5. The summed E-state index contributed by atoms with van der Waals surface area (Å²) < 4.78 is 5.22. The Labute approximate surface area is 106 Å². The van der Waals surface area contributed by atoms with Crippen LogP contribution in [0.15, 0.2) is 18.2 Å². The van der Waals surface area contributed by atoms with Crippen molar-refractivity contribution in [3.63, 3.8) is 0 Å². The Morgan fingerprint density at radius 3 is 2.94 bits per heavy atom. The molecule has 5 heteroatoms. The summed E-state index contributed by atoms with van der Waals surface area (Å²) >= 11 is 6.08. The lowest BCUT2D eigenvalue weighted by Gasteiger charge is -2.11. The molecule has 94 valence electrons. The van der Waals surface area contributed by atoms with Crippen molar-refractivity contribution < 1.29 is 9.53 Å². The molecule has 0 spiro atoms. The first-order valence-corrected chi connectivity index (χ1v) is 5.83. The summed E-state index contributed by atoms with van der Waals surface area (Å²) in [5, 5.41) is 3.87. The Morgan fingerprint density at radius 1 is 1.53 bits per heavy atom. The maximum Gasteiger partial charge on any atom is 0.217 e. The van der Waals surface area contributed by atoms with E-state index in [1.807, 2.05) is 18.2 Å². The molecule has 1 aromatic rings. The van der Waals surface area contributed by atoms with Gasteiger partial charge in [0.1, 0.15) is 5.75 Å². The van der Waals surface area contributed by atoms with Crippen LogP contribution in [0, 0.1) is 0 Å². The van der Waals surface area contributed by atoms with E-state index in [2.05, 4.69) is 5.32 Å². The van der Waals surface area contributed by atoms with Gasteiger partial charge in [0.25, 0.3) is 0 Å². The van der Waals surface area contributed by atoms with Gasteiger partial charge in [-0.1, -0.05) is 17.7 Å². The van der Waals surface area contributed by atoms with E-state index >= 15 is 0 Å². The third-order valence-electron chi connectivity index (χ3n) is 2.37. The molecule has 0 atom stereocenters. The summed E-state index contributed by atoms with van der Waals surface area (Å²) in [6.45, 7) is 1.33. The highest BCUT2D eigenvalue weighted by atomic mass is 35.5. The van der Waals surface area contributed by atoms with Crippen LogP contribution in [0.4, 0.5) is 0 Å². The Morgan fingerprint density at radius 2 is 2.29 bits per heavy atom. The molecule has 0 saturated carbocycles. The molecular weight excluding hydrogens is 240 g/mol. The summed E-state index contributed by atoms with van der Waals surface area (Å²) in [5.74, 6) is 0.488. The standard InChI is InChI=1S/C12H17ClN2O2/c1-17-11-5-2-4-10(13)9(11)8-15-7-3-6-12(14)16/h2,4-5,15H,3,6-8H2,1H3,(H2,14,16). The van der Waals surface area contributed by atoms with Gasteiger partial charge < -0.3 is 15.8 Å². The van der Waals surface area contributed by atoms with Gasteiger partial charge in [0, 0.05) is 23.6 Å². The Hall–Kier alpha value is -1.26. The second-order valence-electron chi connectivity index (χ2n) is 3.67. The molecular formula is C12H17ClN2O2. The summed E-state index contributed by atoms with van der Waals surface area (Å²) in [6.07, 6.45) is 1.12. The summed E-state index contributed by atoms with van der Waals surface area (Å²) in [6, 6.07) is 5.54. The quantitative estimate of drug-likeness (QED) is 0.730. The number of nitrogens with two attached hydrogens (primary N) is 1. The normalized spacial score (nSPS) is 10.2. The van der Waals surface area contributed by atoms with Gasteiger partial charge in [-0.25, -0.2) is 0 Å². The fraction of sp³-hybridized carbons (Fsp3) is 0.417. The molecule has 0 saturated heterocycles. The van der Waals surface area contributed by atoms with Gasteiger partial charge in [-0.15, -0.1) is 0 Å². The van der Waals surface area contributed by atoms with Crippen LogP contribution in [0.5, 0.6) is 5.75 Å². The molecule has 17 heavy (non-hydrogen) atoms. The number of ether oxygens (including phenoxy) is 1. The number of hydrogen-bond donors (Lipinski definition) is 2. The number of methoxy groups -OCH3 is 1. The fourth-order valence-corrected chi connectivity index (χ4v) is 1.74. The van der Waals surface area contributed by atoms with Crippen molar-refractivity contribution in [1.82, 2.24) is 5.32 Å². The zero-order valence-electron chi connectivity index (χ0n) is 9.83. The number of carbonyl (C=O) groups excluding carboxylic acids is 1. The molecule has 0 aliphatic rings. The minimum atomic E-state index is -0.276. The number of hydrogen-bond acceptors (Lipinski definition) is 3. The topological polar surface area (TPSA) is 64.3 Å². The van der Waals surface area contributed by atoms with Gasteiger partial charge in [-0.3, -0.25) is 4.79 Å². The van der Waals surface area contributed by atoms with Crippen molar-refractivity contribution in [2.45, 2.75) is 19.4 Å². The van der Waals surface area contributed by atoms with Gasteiger partial charge in [0.15, 0.2) is 0 Å². The molecule has 4 nitrogen and oxygen atoms in total. The second-order valence-corrected chi connectivity index (χ2v) is 4.07. The van der Waals surface area contributed by atoms with Crippen molar-refractivity contribution in [1.29, 1.82) is 0 Å². The van der Waals surface area contributed by atoms with Crippen molar-refractivity contribution in [3.05, 3.63) is 28.8 Å². The van der Waals surface area contributed by atoms with Crippen molar-refractivity contribution in [2.24, 2.45) is 5.73 Å². The Balaban J connectivity index is 2.43. The lowest BCUT2D eigenvalue weighted by atomic mass is 10.2. The molecule has 0 radical (unpaired) electrons. The monoisotopic (exact) mass is 256 g/mol. The fourth-order valence-electron chi connectivity index (χ4n) is 1.50. The largest absolute Gasteiger partial charge is 0.496 e. The molecule has 0 aliphatic heterocycles. The highest BCUT2D eigenvalue weighted by Crippen LogP contribution is 2.25.